The van der Waals surface area contributed by atoms with Crippen LogP contribution in [0.2, 0.25) is 0 Å². The predicted octanol–water partition coefficient (Wildman–Crippen LogP) is 3.94. The van der Waals surface area contributed by atoms with Crippen LogP contribution in [0.4, 0.5) is 5.82 Å². The molecule has 0 aliphatic heterocycles. The first-order valence-electron chi connectivity index (χ1n) is 6.09. The Labute approximate surface area is 125 Å². The predicted molar refractivity (Wildman–Crippen MR) is 82.5 cm³/mol. The summed E-state index contributed by atoms with van der Waals surface area (Å²) in [5, 5.41) is 5.34. The molecule has 6 heteroatoms. The number of thiophene rings is 1. The van der Waals surface area contributed by atoms with Crippen molar-refractivity contribution in [3.05, 3.63) is 27.7 Å². The molecule has 0 spiro atoms. The summed E-state index contributed by atoms with van der Waals surface area (Å²) in [6.07, 6.45) is 1.05. The second-order valence-electron chi connectivity index (χ2n) is 3.99. The molecule has 2 aromatic heterocycles. The molecule has 1 N–H and O–H groups in total. The zero-order valence-corrected chi connectivity index (χ0v) is 13.3. The lowest BCUT2D eigenvalue weighted by molar-refractivity contribution is 0.181. The Bertz CT molecular complexity index is 531. The molecular formula is C13H16BrN3OS. The van der Waals surface area contributed by atoms with Gasteiger partial charge in [-0.05, 0) is 33.8 Å². The fraction of sp³-hybridized carbons (Fsp3) is 0.385. The van der Waals surface area contributed by atoms with Crippen LogP contribution in [0.5, 0.6) is 0 Å². The number of nitrogens with zero attached hydrogens (tertiary/aromatic N) is 2. The third-order valence-corrected chi connectivity index (χ3v) is 4.18. The van der Waals surface area contributed by atoms with E-state index in [-0.39, 0.29) is 0 Å². The van der Waals surface area contributed by atoms with Crippen LogP contribution in [0.25, 0.3) is 10.7 Å². The maximum absolute atomic E-state index is 5.20. The van der Waals surface area contributed by atoms with Crippen molar-refractivity contribution in [2.24, 2.45) is 0 Å². The molecule has 2 heterocycles. The number of methoxy groups -OCH3 is 1. The summed E-state index contributed by atoms with van der Waals surface area (Å²) in [5.41, 5.74) is 0.861. The lowest BCUT2D eigenvalue weighted by atomic mass is 10.3. The number of rotatable bonds is 6. The van der Waals surface area contributed by atoms with Crippen molar-refractivity contribution in [1.82, 2.24) is 9.97 Å². The SMILES string of the molecule is CCCNc1nc(-c2cccs2)nc(COC)c1Br. The van der Waals surface area contributed by atoms with Crippen LogP contribution in [0.15, 0.2) is 22.0 Å². The van der Waals surface area contributed by atoms with E-state index in [0.29, 0.717) is 6.61 Å². The molecule has 0 radical (unpaired) electrons. The van der Waals surface area contributed by atoms with Gasteiger partial charge in [-0.3, -0.25) is 0 Å². The molecule has 102 valence electrons. The van der Waals surface area contributed by atoms with E-state index in [0.717, 1.165) is 39.7 Å². The van der Waals surface area contributed by atoms with Gasteiger partial charge in [0.2, 0.25) is 0 Å². The molecule has 0 atom stereocenters. The van der Waals surface area contributed by atoms with Crippen LogP contribution < -0.4 is 5.32 Å². The monoisotopic (exact) mass is 341 g/mol. The minimum atomic E-state index is 0.461. The van der Waals surface area contributed by atoms with Gasteiger partial charge in [0.25, 0.3) is 0 Å². The number of halogens is 1. The molecule has 0 aliphatic rings. The van der Waals surface area contributed by atoms with Crippen molar-refractivity contribution in [3.63, 3.8) is 0 Å². The highest BCUT2D eigenvalue weighted by atomic mass is 79.9. The Morgan fingerprint density at radius 3 is 2.89 bits per heavy atom. The van der Waals surface area contributed by atoms with Gasteiger partial charge in [0.15, 0.2) is 5.82 Å². The fourth-order valence-corrected chi connectivity index (χ4v) is 2.69. The van der Waals surface area contributed by atoms with Gasteiger partial charge in [0.1, 0.15) is 5.82 Å². The molecule has 19 heavy (non-hydrogen) atoms. The quantitative estimate of drug-likeness (QED) is 0.864. The second kappa shape index (κ2) is 6.98. The molecule has 2 aromatic rings. The summed E-state index contributed by atoms with van der Waals surface area (Å²) in [6, 6.07) is 4.02. The third-order valence-electron chi connectivity index (χ3n) is 2.48. The summed E-state index contributed by atoms with van der Waals surface area (Å²) >= 11 is 5.18. The van der Waals surface area contributed by atoms with E-state index in [1.54, 1.807) is 18.4 Å². The van der Waals surface area contributed by atoms with E-state index in [4.69, 9.17) is 4.74 Å². The largest absolute Gasteiger partial charge is 0.378 e. The Morgan fingerprint density at radius 2 is 2.26 bits per heavy atom. The Hall–Kier alpha value is -0.980. The first-order chi connectivity index (χ1) is 9.26. The highest BCUT2D eigenvalue weighted by molar-refractivity contribution is 9.10. The van der Waals surface area contributed by atoms with Crippen molar-refractivity contribution in [3.8, 4) is 10.7 Å². The van der Waals surface area contributed by atoms with Crippen molar-refractivity contribution >= 4 is 33.1 Å². The molecule has 0 saturated carbocycles. The summed E-state index contributed by atoms with van der Waals surface area (Å²) in [4.78, 5) is 10.2. The number of aromatic nitrogens is 2. The zero-order valence-electron chi connectivity index (χ0n) is 10.9. The lowest BCUT2D eigenvalue weighted by Gasteiger charge is -2.11. The van der Waals surface area contributed by atoms with Gasteiger partial charge >= 0.3 is 0 Å². The average molecular weight is 342 g/mol. The summed E-state index contributed by atoms with van der Waals surface area (Å²) in [5.74, 6) is 1.57. The van der Waals surface area contributed by atoms with Gasteiger partial charge in [-0.15, -0.1) is 11.3 Å². The Balaban J connectivity index is 2.41. The molecular weight excluding hydrogens is 326 g/mol. The number of nitrogens with one attached hydrogen (secondary N) is 1. The van der Waals surface area contributed by atoms with Gasteiger partial charge in [0, 0.05) is 13.7 Å². The minimum Gasteiger partial charge on any atom is -0.378 e. The van der Waals surface area contributed by atoms with E-state index in [1.165, 1.54) is 0 Å². The van der Waals surface area contributed by atoms with Gasteiger partial charge in [-0.2, -0.15) is 0 Å². The van der Waals surface area contributed by atoms with E-state index >= 15 is 0 Å². The summed E-state index contributed by atoms with van der Waals surface area (Å²) < 4.78 is 6.07. The van der Waals surface area contributed by atoms with E-state index in [1.807, 2.05) is 17.5 Å². The topological polar surface area (TPSA) is 47.0 Å². The van der Waals surface area contributed by atoms with E-state index in [2.05, 4.69) is 38.1 Å². The van der Waals surface area contributed by atoms with Crippen LogP contribution in [0, 0.1) is 0 Å². The van der Waals surface area contributed by atoms with E-state index in [9.17, 15) is 0 Å². The first-order valence-corrected chi connectivity index (χ1v) is 7.76. The van der Waals surface area contributed by atoms with Crippen LogP contribution in [0.1, 0.15) is 19.0 Å². The van der Waals surface area contributed by atoms with Gasteiger partial charge < -0.3 is 10.1 Å². The smallest absolute Gasteiger partial charge is 0.172 e. The highest BCUT2D eigenvalue weighted by Crippen LogP contribution is 2.29. The van der Waals surface area contributed by atoms with Crippen molar-refractivity contribution in [1.29, 1.82) is 0 Å². The third kappa shape index (κ3) is 3.52. The van der Waals surface area contributed by atoms with Gasteiger partial charge in [-0.1, -0.05) is 13.0 Å². The Morgan fingerprint density at radius 1 is 1.42 bits per heavy atom. The number of hydrogen-bond donors (Lipinski definition) is 1. The molecule has 2 rings (SSSR count). The van der Waals surface area contributed by atoms with Crippen LogP contribution in [-0.2, 0) is 11.3 Å². The summed E-state index contributed by atoms with van der Waals surface area (Å²) in [7, 11) is 1.67. The molecule has 0 bridgehead atoms. The van der Waals surface area contributed by atoms with Crippen molar-refractivity contribution < 1.29 is 4.74 Å². The number of hydrogen-bond acceptors (Lipinski definition) is 5. The molecule has 0 aromatic carbocycles. The Kier molecular flexibility index (Phi) is 5.30. The highest BCUT2D eigenvalue weighted by Gasteiger charge is 2.13. The fourth-order valence-electron chi connectivity index (χ4n) is 1.60. The van der Waals surface area contributed by atoms with Gasteiger partial charge in [-0.25, -0.2) is 9.97 Å². The van der Waals surface area contributed by atoms with E-state index < -0.39 is 0 Å². The van der Waals surface area contributed by atoms with Crippen LogP contribution in [-0.4, -0.2) is 23.6 Å². The molecule has 4 nitrogen and oxygen atoms in total. The van der Waals surface area contributed by atoms with Crippen molar-refractivity contribution in [2.45, 2.75) is 20.0 Å². The molecule has 0 aliphatic carbocycles. The molecule has 0 unspecified atom stereocenters. The standard InChI is InChI=1S/C13H16BrN3OS/c1-3-6-15-13-11(14)9(8-18-2)16-12(17-13)10-5-4-7-19-10/h4-5,7H,3,6,8H2,1-2H3,(H,15,16,17). The molecule has 0 fully saturated rings. The summed E-state index contributed by atoms with van der Waals surface area (Å²) in [6.45, 7) is 3.46. The molecule has 0 saturated heterocycles. The van der Waals surface area contributed by atoms with Crippen LogP contribution in [0.3, 0.4) is 0 Å². The van der Waals surface area contributed by atoms with Gasteiger partial charge in [0.05, 0.1) is 21.7 Å². The normalized spacial score (nSPS) is 10.7. The van der Waals surface area contributed by atoms with Crippen LogP contribution >= 0.6 is 27.3 Å². The first kappa shape index (κ1) is 14.4. The van der Waals surface area contributed by atoms with Crippen molar-refractivity contribution in [2.75, 3.05) is 19.0 Å². The zero-order chi connectivity index (χ0) is 13.7. The number of anilines is 1. The number of ether oxygens (including phenoxy) is 1. The average Bonchev–Trinajstić information content (AvgIpc) is 2.94. The second-order valence-corrected chi connectivity index (χ2v) is 5.73. The minimum absolute atomic E-state index is 0.461. The molecule has 0 amide bonds. The maximum Gasteiger partial charge on any atom is 0.172 e. The lowest BCUT2D eigenvalue weighted by Crippen LogP contribution is -2.07. The maximum atomic E-state index is 5.20.